The Labute approximate surface area is 145 Å². The Morgan fingerprint density at radius 1 is 1.12 bits per heavy atom. The average Bonchev–Trinajstić information content (AvgIpc) is 3.24. The van der Waals surface area contributed by atoms with Gasteiger partial charge in [0, 0.05) is 12.8 Å². The predicted octanol–water partition coefficient (Wildman–Crippen LogP) is 3.57. The zero-order valence-corrected chi connectivity index (χ0v) is 15.3. The summed E-state index contributed by atoms with van der Waals surface area (Å²) in [4.78, 5) is 22.3. The van der Waals surface area contributed by atoms with Gasteiger partial charge in [-0.15, -0.1) is 0 Å². The van der Waals surface area contributed by atoms with Gasteiger partial charge in [-0.1, -0.05) is 12.8 Å². The van der Waals surface area contributed by atoms with E-state index >= 15 is 0 Å². The van der Waals surface area contributed by atoms with Gasteiger partial charge in [0.25, 0.3) is 0 Å². The SMILES string of the molecule is C[C@H]1C[C@@H](CCCCCC(=O)[C@@H]2O[C@@H]2CCCC=O)OC(C)(C)O1. The highest BCUT2D eigenvalue weighted by Gasteiger charge is 2.43. The summed E-state index contributed by atoms with van der Waals surface area (Å²) in [5.41, 5.74) is 0. The van der Waals surface area contributed by atoms with Gasteiger partial charge in [-0.05, 0) is 52.9 Å². The van der Waals surface area contributed by atoms with Crippen molar-refractivity contribution in [2.75, 3.05) is 0 Å². The quantitative estimate of drug-likeness (QED) is 0.327. The molecular formula is C19H32O5. The van der Waals surface area contributed by atoms with Crippen LogP contribution >= 0.6 is 0 Å². The van der Waals surface area contributed by atoms with Crippen LogP contribution in [0.5, 0.6) is 0 Å². The van der Waals surface area contributed by atoms with Crippen LogP contribution in [0.3, 0.4) is 0 Å². The van der Waals surface area contributed by atoms with Crippen molar-refractivity contribution in [1.82, 2.24) is 0 Å². The molecule has 0 amide bonds. The van der Waals surface area contributed by atoms with Gasteiger partial charge in [0.1, 0.15) is 12.4 Å². The second kappa shape index (κ2) is 9.07. The number of aldehydes is 1. The zero-order chi connectivity index (χ0) is 17.6. The minimum absolute atomic E-state index is 0.0665. The lowest BCUT2D eigenvalue weighted by molar-refractivity contribution is -0.296. The molecule has 2 fully saturated rings. The minimum atomic E-state index is -0.486. The Morgan fingerprint density at radius 2 is 1.92 bits per heavy atom. The third kappa shape index (κ3) is 6.61. The van der Waals surface area contributed by atoms with Gasteiger partial charge >= 0.3 is 0 Å². The van der Waals surface area contributed by atoms with Gasteiger partial charge in [-0.2, -0.15) is 0 Å². The molecule has 2 aliphatic heterocycles. The van der Waals surface area contributed by atoms with Crippen LogP contribution in [0, 0.1) is 0 Å². The van der Waals surface area contributed by atoms with Gasteiger partial charge in [-0.3, -0.25) is 4.79 Å². The molecule has 0 aromatic heterocycles. The summed E-state index contributed by atoms with van der Waals surface area (Å²) >= 11 is 0. The molecule has 0 N–H and O–H groups in total. The van der Waals surface area contributed by atoms with Crippen molar-refractivity contribution < 1.29 is 23.8 Å². The van der Waals surface area contributed by atoms with Crippen LogP contribution in [0.1, 0.15) is 78.6 Å². The second-order valence-electron chi connectivity index (χ2n) is 7.56. The molecular weight excluding hydrogens is 308 g/mol. The molecule has 0 unspecified atom stereocenters. The monoisotopic (exact) mass is 340 g/mol. The van der Waals surface area contributed by atoms with Crippen LogP contribution in [0.2, 0.25) is 0 Å². The first-order valence-corrected chi connectivity index (χ1v) is 9.39. The van der Waals surface area contributed by atoms with Crippen molar-refractivity contribution in [1.29, 1.82) is 0 Å². The third-order valence-corrected chi connectivity index (χ3v) is 4.69. The maximum absolute atomic E-state index is 12.0. The number of ketones is 1. The molecule has 4 atom stereocenters. The summed E-state index contributed by atoms with van der Waals surface area (Å²) in [6.45, 7) is 6.03. The van der Waals surface area contributed by atoms with Crippen LogP contribution in [0.25, 0.3) is 0 Å². The number of carbonyl (C=O) groups excluding carboxylic acids is 2. The normalized spacial score (nSPS) is 31.6. The van der Waals surface area contributed by atoms with Crippen molar-refractivity contribution in [3.05, 3.63) is 0 Å². The summed E-state index contributed by atoms with van der Waals surface area (Å²) in [6, 6.07) is 0. The van der Waals surface area contributed by atoms with Crippen LogP contribution in [-0.2, 0) is 23.8 Å². The fourth-order valence-corrected chi connectivity index (χ4v) is 3.60. The Morgan fingerprint density at radius 3 is 2.62 bits per heavy atom. The van der Waals surface area contributed by atoms with Crippen molar-refractivity contribution in [3.8, 4) is 0 Å². The van der Waals surface area contributed by atoms with Crippen molar-refractivity contribution in [3.63, 3.8) is 0 Å². The zero-order valence-electron chi connectivity index (χ0n) is 15.3. The van der Waals surface area contributed by atoms with Crippen molar-refractivity contribution >= 4 is 12.1 Å². The van der Waals surface area contributed by atoms with Crippen LogP contribution in [0.4, 0.5) is 0 Å². The van der Waals surface area contributed by atoms with E-state index in [9.17, 15) is 9.59 Å². The van der Waals surface area contributed by atoms with E-state index in [1.165, 1.54) is 0 Å². The third-order valence-electron chi connectivity index (χ3n) is 4.69. The summed E-state index contributed by atoms with van der Waals surface area (Å²) in [5.74, 6) is -0.260. The molecule has 24 heavy (non-hydrogen) atoms. The van der Waals surface area contributed by atoms with Gasteiger partial charge in [0.05, 0.1) is 18.3 Å². The molecule has 0 aromatic carbocycles. The standard InChI is InChI=1S/C19H32O5/c1-14-13-15(24-19(2,3)23-14)9-5-4-6-10-16(21)18-17(22-18)11-7-8-12-20/h12,14-15,17-18H,4-11,13H2,1-3H3/t14-,15+,17+,18-/m0/s1. The number of ether oxygens (including phenoxy) is 3. The number of epoxide rings is 1. The van der Waals surface area contributed by atoms with E-state index < -0.39 is 5.79 Å². The second-order valence-corrected chi connectivity index (χ2v) is 7.56. The number of unbranched alkanes of at least 4 members (excludes halogenated alkanes) is 3. The van der Waals surface area contributed by atoms with Crippen molar-refractivity contribution in [2.24, 2.45) is 0 Å². The molecule has 5 heteroatoms. The van der Waals surface area contributed by atoms with Gasteiger partial charge in [-0.25, -0.2) is 0 Å². The first-order valence-electron chi connectivity index (χ1n) is 9.39. The first kappa shape index (κ1) is 19.5. The van der Waals surface area contributed by atoms with E-state index in [4.69, 9.17) is 14.2 Å². The number of hydrogen-bond donors (Lipinski definition) is 0. The van der Waals surface area contributed by atoms with E-state index in [-0.39, 0.29) is 30.2 Å². The Balaban J connectivity index is 1.51. The highest BCUT2D eigenvalue weighted by Crippen LogP contribution is 2.30. The van der Waals surface area contributed by atoms with Gasteiger partial charge in [0.2, 0.25) is 0 Å². The lowest BCUT2D eigenvalue weighted by atomic mass is 10.0. The van der Waals surface area contributed by atoms with Gasteiger partial charge < -0.3 is 19.0 Å². The maximum Gasteiger partial charge on any atom is 0.164 e. The van der Waals surface area contributed by atoms with Crippen LogP contribution < -0.4 is 0 Å². The van der Waals surface area contributed by atoms with Crippen LogP contribution in [0.15, 0.2) is 0 Å². The molecule has 0 radical (unpaired) electrons. The summed E-state index contributed by atoms with van der Waals surface area (Å²) in [6.07, 6.45) is 9.10. The number of carbonyl (C=O) groups is 2. The molecule has 2 rings (SSSR count). The molecule has 138 valence electrons. The molecule has 0 saturated carbocycles. The molecule has 2 aliphatic rings. The lowest BCUT2D eigenvalue weighted by Gasteiger charge is -2.39. The molecule has 0 aromatic rings. The smallest absolute Gasteiger partial charge is 0.164 e. The summed E-state index contributed by atoms with van der Waals surface area (Å²) in [7, 11) is 0. The Hall–Kier alpha value is -0.780. The first-order chi connectivity index (χ1) is 11.4. The Bertz CT molecular complexity index is 420. The summed E-state index contributed by atoms with van der Waals surface area (Å²) in [5, 5.41) is 0. The fourth-order valence-electron chi connectivity index (χ4n) is 3.60. The molecule has 0 aliphatic carbocycles. The molecule has 2 heterocycles. The van der Waals surface area contributed by atoms with E-state index in [0.29, 0.717) is 12.8 Å². The predicted molar refractivity (Wildman–Crippen MR) is 90.8 cm³/mol. The Kier molecular flexibility index (Phi) is 7.38. The minimum Gasteiger partial charge on any atom is -0.361 e. The number of Topliss-reactive ketones (excluding diaryl/α,β-unsaturated/α-hetero) is 1. The molecule has 2 saturated heterocycles. The highest BCUT2D eigenvalue weighted by atomic mass is 16.7. The van der Waals surface area contributed by atoms with Crippen LogP contribution in [-0.4, -0.2) is 42.3 Å². The van der Waals surface area contributed by atoms with Gasteiger partial charge in [0.15, 0.2) is 11.6 Å². The number of rotatable bonds is 11. The van der Waals surface area contributed by atoms with E-state index in [1.807, 2.05) is 13.8 Å². The largest absolute Gasteiger partial charge is 0.361 e. The topological polar surface area (TPSA) is 65.1 Å². The highest BCUT2D eigenvalue weighted by molar-refractivity contribution is 5.85. The fraction of sp³-hybridized carbons (Fsp3) is 0.895. The van der Waals surface area contributed by atoms with Crippen molar-refractivity contribution in [2.45, 2.75) is 109 Å². The summed E-state index contributed by atoms with van der Waals surface area (Å²) < 4.78 is 17.1. The van der Waals surface area contributed by atoms with E-state index in [2.05, 4.69) is 6.92 Å². The van der Waals surface area contributed by atoms with E-state index in [1.54, 1.807) is 0 Å². The average molecular weight is 340 g/mol. The maximum atomic E-state index is 12.0. The molecule has 0 spiro atoms. The lowest BCUT2D eigenvalue weighted by Crippen LogP contribution is -2.43. The molecule has 5 nitrogen and oxygen atoms in total. The molecule has 0 bridgehead atoms. The number of hydrogen-bond acceptors (Lipinski definition) is 5. The van der Waals surface area contributed by atoms with E-state index in [0.717, 1.165) is 51.2 Å².